The number of allylic oxidation sites excluding steroid dienone is 7. The van der Waals surface area contributed by atoms with Gasteiger partial charge in [0.05, 0.1) is 0 Å². The van der Waals surface area contributed by atoms with Gasteiger partial charge in [0.25, 0.3) is 12.1 Å². The van der Waals surface area contributed by atoms with E-state index in [1.165, 1.54) is 29.4 Å². The summed E-state index contributed by atoms with van der Waals surface area (Å²) in [5, 5.41) is 10.5. The van der Waals surface area contributed by atoms with Crippen LogP contribution in [0.3, 0.4) is 0 Å². The number of nitrogens with one attached hydrogen (secondary N) is 1. The monoisotopic (exact) mass is 628 g/mol. The number of alkyl halides is 3. The Bertz CT molecular complexity index is 1110. The van der Waals surface area contributed by atoms with Crippen molar-refractivity contribution in [3.05, 3.63) is 94.7 Å². The number of nitrogens with zero attached hydrogens (tertiary/aromatic N) is 1. The zero-order chi connectivity index (χ0) is 28.9. The summed E-state index contributed by atoms with van der Waals surface area (Å²) >= 11 is 9.74. The third kappa shape index (κ3) is 9.21. The number of halogens is 4. The van der Waals surface area contributed by atoms with Crippen molar-refractivity contribution in [1.82, 2.24) is 4.90 Å². The third-order valence-corrected chi connectivity index (χ3v) is 6.70. The molecule has 208 valence electrons. The molecule has 38 heavy (non-hydrogen) atoms. The van der Waals surface area contributed by atoms with E-state index >= 15 is 0 Å². The molecule has 2 aliphatic heterocycles. The second-order valence-electron chi connectivity index (χ2n) is 8.25. The zero-order valence-electron chi connectivity index (χ0n) is 22.2. The van der Waals surface area contributed by atoms with Crippen molar-refractivity contribution in [2.45, 2.75) is 57.2 Å². The average Bonchev–Trinajstić information content (AvgIpc) is 2.86. The number of carbonyl (C=O) groups is 1. The first-order valence-corrected chi connectivity index (χ1v) is 14.1. The SMILES string of the molecule is C=C/C=C(\C=C/CC12C=C(CCN1C(/C=C\C(C)Cl)=C/C)c1cc(Br)ccc1N2)C(F)(F)P.CC.O=CO. The van der Waals surface area contributed by atoms with Gasteiger partial charge in [0.15, 0.2) is 0 Å². The van der Waals surface area contributed by atoms with Crippen LogP contribution in [0.2, 0.25) is 0 Å². The minimum atomic E-state index is -3.03. The standard InChI is InChI=1S/C26H29BrClF2N2P.C2H6.CH2O2/c1-4-7-20(26(29,30)33)8-6-14-25-17-19(23-16-21(27)10-12-24(23)31-25)13-15-32(25)22(5-2)11-9-18(3)28;1-2;2-1-3/h4-12,16-18,31H,1,13-15,33H2,2-3H3;1-2H3;1H,(H,2,3)/b8-6-,11-9-,20-7+,22-5+;;. The van der Waals surface area contributed by atoms with Crippen molar-refractivity contribution in [2.24, 2.45) is 0 Å². The molecule has 0 aromatic heterocycles. The van der Waals surface area contributed by atoms with Gasteiger partial charge in [0.2, 0.25) is 0 Å². The highest BCUT2D eigenvalue weighted by molar-refractivity contribution is 9.10. The second-order valence-corrected chi connectivity index (χ2v) is 10.6. The van der Waals surface area contributed by atoms with Gasteiger partial charge in [-0.2, -0.15) is 8.78 Å². The van der Waals surface area contributed by atoms with Crippen LogP contribution in [0.15, 0.2) is 89.1 Å². The van der Waals surface area contributed by atoms with E-state index in [0.717, 1.165) is 28.8 Å². The topological polar surface area (TPSA) is 52.6 Å². The van der Waals surface area contributed by atoms with Crippen molar-refractivity contribution >= 4 is 54.5 Å². The van der Waals surface area contributed by atoms with Crippen LogP contribution in [-0.2, 0) is 4.79 Å². The fourth-order valence-corrected chi connectivity index (χ4v) is 4.86. The van der Waals surface area contributed by atoms with Crippen LogP contribution >= 0.6 is 36.8 Å². The fourth-order valence-electron chi connectivity index (χ4n) is 4.23. The fraction of sp³-hybridized carbons (Fsp3) is 0.345. The lowest BCUT2D eigenvalue weighted by Gasteiger charge is -2.51. The molecule has 0 spiro atoms. The molecule has 3 unspecified atom stereocenters. The van der Waals surface area contributed by atoms with E-state index in [0.29, 0.717) is 6.42 Å². The summed E-state index contributed by atoms with van der Waals surface area (Å²) in [6.07, 6.45) is 15.6. The zero-order valence-corrected chi connectivity index (χ0v) is 25.7. The Hall–Kier alpha value is -2.21. The minimum absolute atomic E-state index is 0.0973. The van der Waals surface area contributed by atoms with Crippen LogP contribution in [0.1, 0.15) is 46.1 Å². The first-order valence-electron chi connectivity index (χ1n) is 12.3. The lowest BCUT2D eigenvalue weighted by Crippen LogP contribution is -2.56. The number of hydrogen-bond acceptors (Lipinski definition) is 3. The van der Waals surface area contributed by atoms with E-state index in [4.69, 9.17) is 21.5 Å². The summed E-state index contributed by atoms with van der Waals surface area (Å²) < 4.78 is 29.0. The summed E-state index contributed by atoms with van der Waals surface area (Å²) in [6, 6.07) is 6.18. The molecule has 0 radical (unpaired) electrons. The largest absolute Gasteiger partial charge is 0.483 e. The highest BCUT2D eigenvalue weighted by atomic mass is 79.9. The Morgan fingerprint density at radius 3 is 2.61 bits per heavy atom. The lowest BCUT2D eigenvalue weighted by molar-refractivity contribution is -0.122. The molecular formula is C29H37BrClF2N2O2P. The van der Waals surface area contributed by atoms with Gasteiger partial charge in [-0.25, -0.2) is 0 Å². The van der Waals surface area contributed by atoms with Crippen LogP contribution in [0.4, 0.5) is 14.5 Å². The molecular weight excluding hydrogens is 593 g/mol. The van der Waals surface area contributed by atoms with E-state index in [9.17, 15) is 8.78 Å². The molecule has 9 heteroatoms. The van der Waals surface area contributed by atoms with Crippen molar-refractivity contribution < 1.29 is 18.7 Å². The number of fused-ring (bicyclic) bond motifs is 3. The number of anilines is 1. The maximum absolute atomic E-state index is 14.0. The summed E-state index contributed by atoms with van der Waals surface area (Å²) in [4.78, 5) is 10.7. The Morgan fingerprint density at radius 1 is 1.39 bits per heavy atom. The molecule has 1 aromatic rings. The molecule has 1 aromatic carbocycles. The summed E-state index contributed by atoms with van der Waals surface area (Å²) in [5.41, 5.74) is 0.740. The summed E-state index contributed by atoms with van der Waals surface area (Å²) in [5.74, 6) is 0. The minimum Gasteiger partial charge on any atom is -0.483 e. The van der Waals surface area contributed by atoms with Crippen molar-refractivity contribution in [3.63, 3.8) is 0 Å². The number of rotatable bonds is 8. The van der Waals surface area contributed by atoms with Crippen molar-refractivity contribution in [1.29, 1.82) is 0 Å². The average molecular weight is 630 g/mol. The Labute approximate surface area is 241 Å². The van der Waals surface area contributed by atoms with Crippen LogP contribution in [-0.4, -0.2) is 39.7 Å². The highest BCUT2D eigenvalue weighted by Crippen LogP contribution is 2.45. The predicted molar refractivity (Wildman–Crippen MR) is 165 cm³/mol. The molecule has 0 saturated carbocycles. The molecule has 2 bridgehead atoms. The van der Waals surface area contributed by atoms with Crippen LogP contribution in [0.5, 0.6) is 0 Å². The molecule has 2 N–H and O–H groups in total. The quantitative estimate of drug-likeness (QED) is 0.130. The Morgan fingerprint density at radius 2 is 2.05 bits per heavy atom. The van der Waals surface area contributed by atoms with Crippen LogP contribution < -0.4 is 5.32 Å². The lowest BCUT2D eigenvalue weighted by atomic mass is 9.84. The number of hydrogen-bond donors (Lipinski definition) is 2. The van der Waals surface area contributed by atoms with Crippen LogP contribution in [0, 0.1) is 0 Å². The Kier molecular flexibility index (Phi) is 14.3. The van der Waals surface area contributed by atoms with Gasteiger partial charge in [-0.1, -0.05) is 82.1 Å². The second kappa shape index (κ2) is 16.0. The van der Waals surface area contributed by atoms with Gasteiger partial charge in [-0.3, -0.25) is 4.79 Å². The molecule has 3 rings (SSSR count). The van der Waals surface area contributed by atoms with Gasteiger partial charge in [0, 0.05) is 45.3 Å². The van der Waals surface area contributed by atoms with E-state index in [-0.39, 0.29) is 17.4 Å². The molecule has 0 fully saturated rings. The van der Waals surface area contributed by atoms with Gasteiger partial charge < -0.3 is 15.3 Å². The van der Waals surface area contributed by atoms with Gasteiger partial charge >= 0.3 is 0 Å². The molecule has 4 nitrogen and oxygen atoms in total. The number of carboxylic acid groups (broad SMARTS) is 1. The smallest absolute Gasteiger partial charge is 0.290 e. The van der Waals surface area contributed by atoms with Gasteiger partial charge in [-0.15, -0.1) is 11.6 Å². The van der Waals surface area contributed by atoms with E-state index in [2.05, 4.69) is 57.0 Å². The molecule has 2 aliphatic rings. The first-order chi connectivity index (χ1) is 18.0. The molecule has 0 saturated heterocycles. The van der Waals surface area contributed by atoms with Gasteiger partial charge in [0.1, 0.15) is 5.66 Å². The Balaban J connectivity index is 0.00000135. The normalized spacial score (nSPS) is 19.8. The van der Waals surface area contributed by atoms with Gasteiger partial charge in [-0.05, 0) is 56.2 Å². The number of benzene rings is 1. The van der Waals surface area contributed by atoms with Crippen molar-refractivity contribution in [2.75, 3.05) is 11.9 Å². The van der Waals surface area contributed by atoms with Crippen LogP contribution in [0.25, 0.3) is 5.57 Å². The molecule has 0 aliphatic carbocycles. The first kappa shape index (κ1) is 33.8. The van der Waals surface area contributed by atoms with E-state index in [1.807, 2.05) is 45.9 Å². The van der Waals surface area contributed by atoms with E-state index in [1.54, 1.807) is 15.3 Å². The molecule has 2 heterocycles. The summed E-state index contributed by atoms with van der Waals surface area (Å²) in [6.45, 7) is 12.0. The summed E-state index contributed by atoms with van der Waals surface area (Å²) in [7, 11) is 1.59. The highest BCUT2D eigenvalue weighted by Gasteiger charge is 2.41. The van der Waals surface area contributed by atoms with E-state index < -0.39 is 11.3 Å². The predicted octanol–water partition coefficient (Wildman–Crippen LogP) is 9.00. The third-order valence-electron chi connectivity index (χ3n) is 5.73. The maximum Gasteiger partial charge on any atom is 0.290 e. The molecule has 0 amide bonds. The maximum atomic E-state index is 14.0. The molecule has 3 atom stereocenters. The van der Waals surface area contributed by atoms with Crippen molar-refractivity contribution in [3.8, 4) is 0 Å².